The van der Waals surface area contributed by atoms with Crippen LogP contribution < -0.4 is 10.1 Å². The molecule has 0 saturated carbocycles. The van der Waals surface area contributed by atoms with Crippen molar-refractivity contribution < 1.29 is 14.3 Å². The first-order chi connectivity index (χ1) is 13.5. The molecule has 2 amide bonds. The fourth-order valence-corrected chi connectivity index (χ4v) is 3.35. The number of carbonyl (C=O) groups excluding carboxylic acids is 2. The Kier molecular flexibility index (Phi) is 6.68. The Morgan fingerprint density at radius 3 is 2.64 bits per heavy atom. The van der Waals surface area contributed by atoms with Crippen molar-refractivity contribution in [1.29, 1.82) is 0 Å². The van der Waals surface area contributed by atoms with E-state index in [4.69, 9.17) is 16.3 Å². The molecule has 3 rings (SSSR count). The van der Waals surface area contributed by atoms with Crippen LogP contribution in [0.25, 0.3) is 0 Å². The fourth-order valence-electron chi connectivity index (χ4n) is 2.52. The molecule has 0 aliphatic carbocycles. The van der Waals surface area contributed by atoms with Crippen LogP contribution in [-0.4, -0.2) is 30.4 Å². The van der Waals surface area contributed by atoms with Crippen LogP contribution in [0.1, 0.15) is 15.9 Å². The molecule has 0 spiro atoms. The van der Waals surface area contributed by atoms with Gasteiger partial charge in [0.25, 0.3) is 11.8 Å². The summed E-state index contributed by atoms with van der Waals surface area (Å²) in [6.45, 7) is 0.335. The lowest BCUT2D eigenvalue weighted by Gasteiger charge is -2.18. The predicted molar refractivity (Wildman–Crippen MR) is 112 cm³/mol. The van der Waals surface area contributed by atoms with Crippen molar-refractivity contribution in [2.24, 2.45) is 0 Å². The number of halogens is 1. The summed E-state index contributed by atoms with van der Waals surface area (Å²) in [5.74, 6) is -0.242. The van der Waals surface area contributed by atoms with Crippen LogP contribution in [0.2, 0.25) is 5.02 Å². The number of anilines is 1. The quantitative estimate of drug-likeness (QED) is 0.610. The average Bonchev–Trinajstić information content (AvgIpc) is 3.20. The molecule has 2 aromatic carbocycles. The zero-order chi connectivity index (χ0) is 19.9. The number of para-hydroxylation sites is 1. The van der Waals surface area contributed by atoms with Crippen LogP contribution in [0, 0.1) is 0 Å². The van der Waals surface area contributed by atoms with E-state index in [-0.39, 0.29) is 24.0 Å². The largest absolute Gasteiger partial charge is 0.483 e. The van der Waals surface area contributed by atoms with E-state index in [2.05, 4.69) is 5.32 Å². The number of rotatable bonds is 7. The third-order valence-corrected chi connectivity index (χ3v) is 4.96. The van der Waals surface area contributed by atoms with Crippen LogP contribution in [-0.2, 0) is 11.3 Å². The summed E-state index contributed by atoms with van der Waals surface area (Å²) in [6, 6.07) is 15.8. The minimum atomic E-state index is -0.359. The number of ether oxygens (including phenoxy) is 1. The Labute approximate surface area is 172 Å². The van der Waals surface area contributed by atoms with Gasteiger partial charge in [-0.05, 0) is 52.7 Å². The zero-order valence-corrected chi connectivity index (χ0v) is 16.8. The number of hydrogen-bond acceptors (Lipinski definition) is 4. The summed E-state index contributed by atoms with van der Waals surface area (Å²) in [5, 5.41) is 7.17. The van der Waals surface area contributed by atoms with Crippen molar-refractivity contribution in [3.63, 3.8) is 0 Å². The predicted octanol–water partition coefficient (Wildman–Crippen LogP) is 4.69. The molecule has 0 radical (unpaired) electrons. The van der Waals surface area contributed by atoms with Crippen LogP contribution in [0.5, 0.6) is 5.75 Å². The van der Waals surface area contributed by atoms with Crippen molar-refractivity contribution in [3.8, 4) is 5.75 Å². The van der Waals surface area contributed by atoms with Crippen molar-refractivity contribution in [2.45, 2.75) is 6.54 Å². The molecule has 0 fully saturated rings. The second-order valence-electron chi connectivity index (χ2n) is 6.13. The monoisotopic (exact) mass is 414 g/mol. The van der Waals surface area contributed by atoms with Crippen LogP contribution in [0.3, 0.4) is 0 Å². The van der Waals surface area contributed by atoms with Crippen LogP contribution in [0.4, 0.5) is 5.69 Å². The first-order valence-corrected chi connectivity index (χ1v) is 9.89. The number of thiophene rings is 1. The second kappa shape index (κ2) is 9.39. The minimum Gasteiger partial charge on any atom is -0.483 e. The highest BCUT2D eigenvalue weighted by molar-refractivity contribution is 7.07. The molecule has 1 N–H and O–H groups in total. The van der Waals surface area contributed by atoms with Gasteiger partial charge in [-0.25, -0.2) is 0 Å². The van der Waals surface area contributed by atoms with Gasteiger partial charge in [0.15, 0.2) is 6.61 Å². The lowest BCUT2D eigenvalue weighted by molar-refractivity contribution is -0.132. The van der Waals surface area contributed by atoms with Gasteiger partial charge in [0.05, 0.1) is 5.56 Å². The zero-order valence-electron chi connectivity index (χ0n) is 15.2. The molecule has 0 aliphatic rings. The molecule has 0 saturated heterocycles. The molecule has 0 bridgehead atoms. The van der Waals surface area contributed by atoms with Gasteiger partial charge in [0.1, 0.15) is 5.75 Å². The molecular formula is C21H19ClN2O3S. The molecule has 5 nitrogen and oxygen atoms in total. The summed E-state index contributed by atoms with van der Waals surface area (Å²) in [5.41, 5.74) is 1.99. The maximum Gasteiger partial charge on any atom is 0.260 e. The van der Waals surface area contributed by atoms with Gasteiger partial charge in [-0.3, -0.25) is 9.59 Å². The highest BCUT2D eigenvalue weighted by Crippen LogP contribution is 2.24. The van der Waals surface area contributed by atoms with E-state index in [1.54, 1.807) is 47.5 Å². The summed E-state index contributed by atoms with van der Waals surface area (Å²) in [6.07, 6.45) is 0. The number of benzene rings is 2. The molecule has 28 heavy (non-hydrogen) atoms. The number of carbonyl (C=O) groups is 2. The van der Waals surface area contributed by atoms with Gasteiger partial charge in [-0.2, -0.15) is 11.3 Å². The molecule has 144 valence electrons. The maximum absolute atomic E-state index is 12.6. The standard InChI is InChI=1S/C21H19ClN2O3S/c1-24(12-15-9-10-28-14-15)20(25)13-27-19-8-7-16(22)11-18(19)21(26)23-17-5-3-2-4-6-17/h2-11,14H,12-13H2,1H3,(H,23,26). The van der Waals surface area contributed by atoms with Crippen LogP contribution >= 0.6 is 22.9 Å². The van der Waals surface area contributed by atoms with Gasteiger partial charge < -0.3 is 15.0 Å². The van der Waals surface area contributed by atoms with E-state index in [1.165, 1.54) is 6.07 Å². The third kappa shape index (κ3) is 5.34. The van der Waals surface area contributed by atoms with Gasteiger partial charge in [0.2, 0.25) is 0 Å². The summed E-state index contributed by atoms with van der Waals surface area (Å²) in [4.78, 5) is 26.6. The highest BCUT2D eigenvalue weighted by atomic mass is 35.5. The fraction of sp³-hybridized carbons (Fsp3) is 0.143. The number of likely N-dealkylation sites (N-methyl/N-ethyl adjacent to an activating group) is 1. The van der Waals surface area contributed by atoms with Crippen molar-refractivity contribution >= 4 is 40.4 Å². The third-order valence-electron chi connectivity index (χ3n) is 3.99. The molecule has 1 heterocycles. The Morgan fingerprint density at radius 2 is 1.93 bits per heavy atom. The summed E-state index contributed by atoms with van der Waals surface area (Å²) in [7, 11) is 1.72. The first kappa shape index (κ1) is 19.9. The number of hydrogen-bond donors (Lipinski definition) is 1. The van der Waals surface area contributed by atoms with Crippen molar-refractivity contribution in [1.82, 2.24) is 4.90 Å². The van der Waals surface area contributed by atoms with E-state index in [1.807, 2.05) is 35.0 Å². The highest BCUT2D eigenvalue weighted by Gasteiger charge is 2.16. The lowest BCUT2D eigenvalue weighted by Crippen LogP contribution is -2.31. The Balaban J connectivity index is 1.66. The normalized spacial score (nSPS) is 10.4. The van der Waals surface area contributed by atoms with Gasteiger partial charge >= 0.3 is 0 Å². The molecule has 0 atom stereocenters. The molecule has 0 unspecified atom stereocenters. The maximum atomic E-state index is 12.6. The van der Waals surface area contributed by atoms with Crippen molar-refractivity contribution in [2.75, 3.05) is 19.0 Å². The first-order valence-electron chi connectivity index (χ1n) is 8.56. The molecule has 3 aromatic rings. The average molecular weight is 415 g/mol. The number of nitrogens with zero attached hydrogens (tertiary/aromatic N) is 1. The van der Waals surface area contributed by atoms with E-state index in [0.717, 1.165) is 5.56 Å². The smallest absolute Gasteiger partial charge is 0.260 e. The molecular weight excluding hydrogens is 396 g/mol. The Bertz CT molecular complexity index is 946. The summed E-state index contributed by atoms with van der Waals surface area (Å²) < 4.78 is 5.65. The van der Waals surface area contributed by atoms with E-state index in [0.29, 0.717) is 23.0 Å². The number of nitrogens with one attached hydrogen (secondary N) is 1. The van der Waals surface area contributed by atoms with E-state index in [9.17, 15) is 9.59 Å². The molecule has 1 aromatic heterocycles. The summed E-state index contributed by atoms with van der Waals surface area (Å²) >= 11 is 7.63. The topological polar surface area (TPSA) is 58.6 Å². The number of amides is 2. The molecule has 7 heteroatoms. The Morgan fingerprint density at radius 1 is 1.14 bits per heavy atom. The lowest BCUT2D eigenvalue weighted by atomic mass is 10.2. The van der Waals surface area contributed by atoms with Crippen molar-refractivity contribution in [3.05, 3.63) is 81.5 Å². The van der Waals surface area contributed by atoms with E-state index >= 15 is 0 Å². The van der Waals surface area contributed by atoms with E-state index < -0.39 is 0 Å². The van der Waals surface area contributed by atoms with Gasteiger partial charge in [-0.15, -0.1) is 0 Å². The van der Waals surface area contributed by atoms with Crippen LogP contribution in [0.15, 0.2) is 65.4 Å². The SMILES string of the molecule is CN(Cc1ccsc1)C(=O)COc1ccc(Cl)cc1C(=O)Nc1ccccc1. The van der Waals surface area contributed by atoms with Gasteiger partial charge in [-0.1, -0.05) is 29.8 Å². The molecule has 0 aliphatic heterocycles. The minimum absolute atomic E-state index is 0.173. The Hall–Kier alpha value is -2.83. The van der Waals surface area contributed by atoms with Gasteiger partial charge in [0, 0.05) is 24.3 Å². The second-order valence-corrected chi connectivity index (χ2v) is 7.35.